The fourth-order valence-electron chi connectivity index (χ4n) is 4.38. The van der Waals surface area contributed by atoms with Crippen LogP contribution in [0.15, 0.2) is 30.5 Å². The minimum Gasteiger partial charge on any atom is -0.497 e. The second kappa shape index (κ2) is 9.45. The molecule has 0 radical (unpaired) electrons. The number of benzene rings is 1. The van der Waals surface area contributed by atoms with Crippen LogP contribution in [0.2, 0.25) is 0 Å². The molecule has 2 amide bonds. The highest BCUT2D eigenvalue weighted by Gasteiger charge is 2.30. The van der Waals surface area contributed by atoms with Crippen molar-refractivity contribution in [2.75, 3.05) is 33.3 Å². The highest BCUT2D eigenvalue weighted by atomic mass is 16.5. The number of rotatable bonds is 6. The van der Waals surface area contributed by atoms with E-state index in [2.05, 4.69) is 9.97 Å². The maximum absolute atomic E-state index is 12.7. The van der Waals surface area contributed by atoms with Crippen LogP contribution in [0.1, 0.15) is 59.0 Å². The van der Waals surface area contributed by atoms with Crippen molar-refractivity contribution in [3.8, 4) is 5.75 Å². The molecule has 3 heterocycles. The Balaban J connectivity index is 1.32. The van der Waals surface area contributed by atoms with Gasteiger partial charge in [0.1, 0.15) is 11.6 Å². The summed E-state index contributed by atoms with van der Waals surface area (Å²) in [6.07, 6.45) is 5.86. The van der Waals surface area contributed by atoms with Crippen molar-refractivity contribution in [2.24, 2.45) is 0 Å². The molecular formula is C24H30N4O3. The van der Waals surface area contributed by atoms with E-state index in [1.807, 2.05) is 41.0 Å². The lowest BCUT2D eigenvalue weighted by molar-refractivity contribution is -0.130. The van der Waals surface area contributed by atoms with E-state index < -0.39 is 0 Å². The van der Waals surface area contributed by atoms with E-state index >= 15 is 0 Å². The molecule has 2 aliphatic rings. The topological polar surface area (TPSA) is 75.6 Å². The lowest BCUT2D eigenvalue weighted by Gasteiger charge is -2.18. The molecule has 2 aliphatic heterocycles. The first-order chi connectivity index (χ1) is 15.0. The predicted molar refractivity (Wildman–Crippen MR) is 117 cm³/mol. The standard InChI is InChI=1S/C24H30N4O3/c1-17-21(24(30)27-12-3-4-13-27)15-25-23(26-17)19-11-14-28(16-19)22(29)10-7-18-5-8-20(31-2)9-6-18/h5-6,8-9,15,19H,3-4,7,10-14,16H2,1-2H3/t19-/m1/s1. The average Bonchev–Trinajstić information content (AvgIpc) is 3.50. The molecule has 0 unspecified atom stereocenters. The summed E-state index contributed by atoms with van der Waals surface area (Å²) in [5, 5.41) is 0. The predicted octanol–water partition coefficient (Wildman–Crippen LogP) is 2.98. The highest BCUT2D eigenvalue weighted by Crippen LogP contribution is 2.26. The number of hydrogen-bond donors (Lipinski definition) is 0. The first kappa shape index (κ1) is 21.3. The van der Waals surface area contributed by atoms with Crippen molar-refractivity contribution in [1.82, 2.24) is 19.8 Å². The third kappa shape index (κ3) is 4.86. The van der Waals surface area contributed by atoms with Crippen LogP contribution in [0.25, 0.3) is 0 Å². The molecule has 2 fully saturated rings. The monoisotopic (exact) mass is 422 g/mol. The summed E-state index contributed by atoms with van der Waals surface area (Å²) >= 11 is 0. The van der Waals surface area contributed by atoms with Gasteiger partial charge in [-0.1, -0.05) is 12.1 Å². The Morgan fingerprint density at radius 2 is 1.84 bits per heavy atom. The van der Waals surface area contributed by atoms with Gasteiger partial charge in [0.2, 0.25) is 5.91 Å². The summed E-state index contributed by atoms with van der Waals surface area (Å²) in [5.74, 6) is 1.88. The molecule has 1 aromatic heterocycles. The molecule has 2 saturated heterocycles. The Morgan fingerprint density at radius 1 is 1.10 bits per heavy atom. The lowest BCUT2D eigenvalue weighted by atomic mass is 10.1. The van der Waals surface area contributed by atoms with E-state index in [1.165, 1.54) is 0 Å². The molecule has 1 atom stereocenters. The maximum Gasteiger partial charge on any atom is 0.257 e. The van der Waals surface area contributed by atoms with Gasteiger partial charge >= 0.3 is 0 Å². The van der Waals surface area contributed by atoms with Gasteiger partial charge in [0.15, 0.2) is 0 Å². The summed E-state index contributed by atoms with van der Waals surface area (Å²) in [5.41, 5.74) is 2.45. The molecule has 2 aromatic rings. The van der Waals surface area contributed by atoms with Crippen LogP contribution in [0.5, 0.6) is 5.75 Å². The molecule has 0 saturated carbocycles. The van der Waals surface area contributed by atoms with Crippen LogP contribution in [0.4, 0.5) is 0 Å². The van der Waals surface area contributed by atoms with Crippen LogP contribution >= 0.6 is 0 Å². The van der Waals surface area contributed by atoms with Gasteiger partial charge in [0, 0.05) is 44.7 Å². The molecule has 0 bridgehead atoms. The van der Waals surface area contributed by atoms with E-state index in [-0.39, 0.29) is 17.7 Å². The van der Waals surface area contributed by atoms with Crippen molar-refractivity contribution in [3.05, 3.63) is 53.1 Å². The van der Waals surface area contributed by atoms with E-state index in [1.54, 1.807) is 13.3 Å². The highest BCUT2D eigenvalue weighted by molar-refractivity contribution is 5.95. The van der Waals surface area contributed by atoms with Crippen LogP contribution in [0, 0.1) is 6.92 Å². The van der Waals surface area contributed by atoms with E-state index in [4.69, 9.17) is 4.74 Å². The zero-order chi connectivity index (χ0) is 21.8. The summed E-state index contributed by atoms with van der Waals surface area (Å²) < 4.78 is 5.18. The van der Waals surface area contributed by atoms with E-state index in [9.17, 15) is 9.59 Å². The van der Waals surface area contributed by atoms with Crippen molar-refractivity contribution >= 4 is 11.8 Å². The van der Waals surface area contributed by atoms with Crippen molar-refractivity contribution in [2.45, 2.75) is 44.9 Å². The number of ether oxygens (including phenoxy) is 1. The summed E-state index contributed by atoms with van der Waals surface area (Å²) in [6, 6.07) is 7.84. The third-order valence-electron chi connectivity index (χ3n) is 6.31. The fourth-order valence-corrected chi connectivity index (χ4v) is 4.38. The molecule has 1 aromatic carbocycles. The number of amides is 2. The summed E-state index contributed by atoms with van der Waals surface area (Å²) in [7, 11) is 1.65. The molecule has 0 N–H and O–H groups in total. The van der Waals surface area contributed by atoms with Gasteiger partial charge in [0.05, 0.1) is 18.4 Å². The smallest absolute Gasteiger partial charge is 0.257 e. The normalized spacial score (nSPS) is 18.5. The van der Waals surface area contributed by atoms with Crippen molar-refractivity contribution in [1.29, 1.82) is 0 Å². The zero-order valence-electron chi connectivity index (χ0n) is 18.3. The molecule has 0 aliphatic carbocycles. The molecule has 7 nitrogen and oxygen atoms in total. The Labute approximate surface area is 183 Å². The second-order valence-corrected chi connectivity index (χ2v) is 8.40. The van der Waals surface area contributed by atoms with E-state index in [0.29, 0.717) is 24.9 Å². The number of aromatic nitrogens is 2. The number of carbonyl (C=O) groups excluding carboxylic acids is 2. The number of hydrogen-bond acceptors (Lipinski definition) is 5. The van der Waals surface area contributed by atoms with Crippen molar-refractivity contribution < 1.29 is 14.3 Å². The third-order valence-corrected chi connectivity index (χ3v) is 6.31. The molecular weight excluding hydrogens is 392 g/mol. The van der Waals surface area contributed by atoms with Gasteiger partial charge in [-0.2, -0.15) is 0 Å². The first-order valence-electron chi connectivity index (χ1n) is 11.1. The Kier molecular flexibility index (Phi) is 6.49. The van der Waals surface area contributed by atoms with Crippen LogP contribution < -0.4 is 4.74 Å². The van der Waals surface area contributed by atoms with Crippen LogP contribution in [-0.4, -0.2) is 64.9 Å². The number of carbonyl (C=O) groups is 2. The van der Waals surface area contributed by atoms with E-state index in [0.717, 1.165) is 61.7 Å². The Hall–Kier alpha value is -2.96. The largest absolute Gasteiger partial charge is 0.497 e. The minimum atomic E-state index is 0.0308. The molecule has 164 valence electrons. The molecule has 0 spiro atoms. The van der Waals surface area contributed by atoms with Crippen molar-refractivity contribution in [3.63, 3.8) is 0 Å². The quantitative estimate of drug-likeness (QED) is 0.715. The number of likely N-dealkylation sites (tertiary alicyclic amines) is 2. The van der Waals surface area contributed by atoms with Gasteiger partial charge < -0.3 is 14.5 Å². The van der Waals surface area contributed by atoms with Gasteiger partial charge in [0.25, 0.3) is 5.91 Å². The molecule has 7 heteroatoms. The van der Waals surface area contributed by atoms with Crippen LogP contribution in [0.3, 0.4) is 0 Å². The average molecular weight is 423 g/mol. The number of nitrogens with zero attached hydrogens (tertiary/aromatic N) is 4. The molecule has 4 rings (SSSR count). The van der Waals surface area contributed by atoms with Crippen LogP contribution in [-0.2, 0) is 11.2 Å². The van der Waals surface area contributed by atoms with Gasteiger partial charge in [-0.05, 0) is 50.3 Å². The fraction of sp³-hybridized carbons (Fsp3) is 0.500. The maximum atomic E-state index is 12.7. The Morgan fingerprint density at radius 3 is 2.52 bits per heavy atom. The number of methoxy groups -OCH3 is 1. The second-order valence-electron chi connectivity index (χ2n) is 8.40. The minimum absolute atomic E-state index is 0.0308. The number of aryl methyl sites for hydroxylation is 2. The SMILES string of the molecule is COc1ccc(CCC(=O)N2CC[C@@H](c3ncc(C(=O)N4CCCC4)c(C)n3)C2)cc1. The lowest BCUT2D eigenvalue weighted by Crippen LogP contribution is -2.29. The Bertz CT molecular complexity index is 938. The van der Waals surface area contributed by atoms with Gasteiger partial charge in [-0.15, -0.1) is 0 Å². The summed E-state index contributed by atoms with van der Waals surface area (Å²) in [4.78, 5) is 38.3. The summed E-state index contributed by atoms with van der Waals surface area (Å²) in [6.45, 7) is 4.87. The van der Waals surface area contributed by atoms with Gasteiger partial charge in [-0.3, -0.25) is 9.59 Å². The van der Waals surface area contributed by atoms with Gasteiger partial charge in [-0.25, -0.2) is 9.97 Å². The molecule has 31 heavy (non-hydrogen) atoms. The zero-order valence-corrected chi connectivity index (χ0v) is 18.3. The first-order valence-corrected chi connectivity index (χ1v) is 11.1.